The molecule has 0 unspecified atom stereocenters. The molecule has 1 rings (SSSR count). The Morgan fingerprint density at radius 3 is 1.25 bits per heavy atom. The molecule has 0 saturated carbocycles. The lowest BCUT2D eigenvalue weighted by Crippen LogP contribution is -2.17. The summed E-state index contributed by atoms with van der Waals surface area (Å²) in [5, 5.41) is 34.2. The molecule has 10 nitrogen and oxygen atoms in total. The van der Waals surface area contributed by atoms with Crippen molar-refractivity contribution in [3.63, 3.8) is 0 Å². The molecule has 0 radical (unpaired) electrons. The first-order valence-electron chi connectivity index (χ1n) is 4.69. The van der Waals surface area contributed by atoms with E-state index in [1.54, 1.807) is 0 Å². The van der Waals surface area contributed by atoms with Crippen LogP contribution in [0.15, 0.2) is 12.1 Å². The van der Waals surface area contributed by atoms with Crippen molar-refractivity contribution in [3.8, 4) is 0 Å². The normalized spacial score (nSPS) is 9.70. The molecule has 0 aliphatic heterocycles. The van der Waals surface area contributed by atoms with Crippen LogP contribution < -0.4 is 0 Å². The fourth-order valence-corrected chi connectivity index (χ4v) is 1.39. The van der Waals surface area contributed by atoms with Gasteiger partial charge in [-0.1, -0.05) is 0 Å². The summed E-state index contributed by atoms with van der Waals surface area (Å²) in [5.41, 5.74) is -3.25. The van der Waals surface area contributed by atoms with Crippen molar-refractivity contribution < 1.29 is 49.7 Å². The van der Waals surface area contributed by atoms with Crippen LogP contribution in [-0.4, -0.2) is 44.6 Å². The number of hydrogen-bond acceptors (Lipinski definition) is 8. The van der Waals surface area contributed by atoms with Crippen molar-refractivity contribution in [2.45, 2.75) is 0 Å². The summed E-state index contributed by atoms with van der Waals surface area (Å²) >= 11 is 0. The first-order chi connectivity index (χ1) is 9.33. The molecule has 0 amide bonds. The van der Waals surface area contributed by atoms with Gasteiger partial charge in [-0.15, -0.1) is 0 Å². The van der Waals surface area contributed by atoms with Gasteiger partial charge in [-0.3, -0.25) is 9.78 Å². The van der Waals surface area contributed by atoms with Crippen molar-refractivity contribution in [2.24, 2.45) is 0 Å². The molecule has 106 valence electrons. The number of benzene rings is 1. The molecule has 4 N–H and O–H groups in total. The zero-order chi connectivity index (χ0) is 15.4. The number of carboxylic acid groups (broad SMARTS) is 2. The van der Waals surface area contributed by atoms with E-state index in [2.05, 4.69) is 9.78 Å². The summed E-state index contributed by atoms with van der Waals surface area (Å²) in [6, 6.07) is 0.993. The SMILES string of the molecule is O=C(O)c1cc(C(=O)O)c(C(=O)OO)cc1C(=O)OO. The van der Waals surface area contributed by atoms with E-state index in [1.807, 2.05) is 0 Å². The van der Waals surface area contributed by atoms with Gasteiger partial charge in [0.05, 0.1) is 22.3 Å². The van der Waals surface area contributed by atoms with Gasteiger partial charge in [-0.05, 0) is 12.1 Å². The molecule has 1 aromatic carbocycles. The van der Waals surface area contributed by atoms with Crippen LogP contribution in [0.4, 0.5) is 0 Å². The predicted molar refractivity (Wildman–Crippen MR) is 56.4 cm³/mol. The second kappa shape index (κ2) is 5.77. The van der Waals surface area contributed by atoms with E-state index in [9.17, 15) is 19.2 Å². The Hall–Kier alpha value is -2.98. The van der Waals surface area contributed by atoms with E-state index in [0.29, 0.717) is 12.1 Å². The maximum Gasteiger partial charge on any atom is 0.373 e. The molecule has 0 bridgehead atoms. The Morgan fingerprint density at radius 2 is 1.00 bits per heavy atom. The third-order valence-electron chi connectivity index (χ3n) is 2.22. The lowest BCUT2D eigenvalue weighted by atomic mass is 9.98. The number of hydrogen-bond donors (Lipinski definition) is 4. The zero-order valence-corrected chi connectivity index (χ0v) is 9.39. The van der Waals surface area contributed by atoms with Gasteiger partial charge in [0.1, 0.15) is 0 Å². The number of aromatic carboxylic acids is 2. The molecule has 0 heterocycles. The van der Waals surface area contributed by atoms with E-state index in [1.165, 1.54) is 0 Å². The van der Waals surface area contributed by atoms with Crippen molar-refractivity contribution in [2.75, 3.05) is 0 Å². The maximum atomic E-state index is 11.2. The van der Waals surface area contributed by atoms with E-state index in [4.69, 9.17) is 20.7 Å². The summed E-state index contributed by atoms with van der Waals surface area (Å²) in [7, 11) is 0. The van der Waals surface area contributed by atoms with Crippen molar-refractivity contribution in [1.82, 2.24) is 0 Å². The quantitative estimate of drug-likeness (QED) is 0.447. The summed E-state index contributed by atoms with van der Waals surface area (Å²) in [6.45, 7) is 0. The van der Waals surface area contributed by atoms with Crippen molar-refractivity contribution >= 4 is 23.9 Å². The van der Waals surface area contributed by atoms with Gasteiger partial charge in [-0.2, -0.15) is 10.5 Å². The highest BCUT2D eigenvalue weighted by molar-refractivity contribution is 6.09. The molecular formula is C10H6O10. The molecule has 0 saturated heterocycles. The average molecular weight is 286 g/mol. The van der Waals surface area contributed by atoms with E-state index in [-0.39, 0.29) is 0 Å². The number of carboxylic acids is 2. The highest BCUT2D eigenvalue weighted by Crippen LogP contribution is 2.19. The second-order valence-corrected chi connectivity index (χ2v) is 3.31. The van der Waals surface area contributed by atoms with Crippen LogP contribution >= 0.6 is 0 Å². The Balaban J connectivity index is 3.68. The third kappa shape index (κ3) is 2.71. The fraction of sp³-hybridized carbons (Fsp3) is 0. The minimum absolute atomic E-state index is 0.489. The minimum atomic E-state index is -1.70. The first-order valence-corrected chi connectivity index (χ1v) is 4.69. The molecule has 0 fully saturated rings. The maximum absolute atomic E-state index is 11.2. The molecule has 1 aromatic rings. The van der Waals surface area contributed by atoms with Gasteiger partial charge in [0.2, 0.25) is 0 Å². The second-order valence-electron chi connectivity index (χ2n) is 3.31. The van der Waals surface area contributed by atoms with Crippen LogP contribution in [0.1, 0.15) is 41.4 Å². The van der Waals surface area contributed by atoms with Gasteiger partial charge >= 0.3 is 23.9 Å². The third-order valence-corrected chi connectivity index (χ3v) is 2.22. The van der Waals surface area contributed by atoms with Gasteiger partial charge in [0.25, 0.3) is 0 Å². The molecule has 0 aliphatic rings. The minimum Gasteiger partial charge on any atom is -0.478 e. The largest absolute Gasteiger partial charge is 0.478 e. The summed E-state index contributed by atoms with van der Waals surface area (Å²) in [5.74, 6) is -6.47. The Morgan fingerprint density at radius 1 is 0.700 bits per heavy atom. The molecule has 20 heavy (non-hydrogen) atoms. The number of carbonyl (C=O) groups excluding carboxylic acids is 2. The molecule has 0 aromatic heterocycles. The smallest absolute Gasteiger partial charge is 0.373 e. The van der Waals surface area contributed by atoms with Gasteiger partial charge in [0.15, 0.2) is 0 Å². The van der Waals surface area contributed by atoms with Crippen molar-refractivity contribution in [1.29, 1.82) is 0 Å². The van der Waals surface area contributed by atoms with Gasteiger partial charge in [-0.25, -0.2) is 19.2 Å². The highest BCUT2D eigenvalue weighted by atomic mass is 17.1. The van der Waals surface area contributed by atoms with E-state index < -0.39 is 46.1 Å². The van der Waals surface area contributed by atoms with Crippen molar-refractivity contribution in [3.05, 3.63) is 34.4 Å². The fourth-order valence-electron chi connectivity index (χ4n) is 1.39. The van der Waals surface area contributed by atoms with Crippen LogP contribution in [0.25, 0.3) is 0 Å². The summed E-state index contributed by atoms with van der Waals surface area (Å²) in [4.78, 5) is 50.9. The standard InChI is InChI=1S/C10H6O10/c11-7(12)3-1-4(8(13)14)6(10(16)20-18)2-5(3)9(15)19-17/h1-2,17-18H,(H,11,12)(H,13,14). The van der Waals surface area contributed by atoms with E-state index >= 15 is 0 Å². The molecular weight excluding hydrogens is 280 g/mol. The summed E-state index contributed by atoms with van der Waals surface area (Å²) < 4.78 is 0. The number of carbonyl (C=O) groups is 4. The molecule has 0 spiro atoms. The Bertz CT molecular complexity index is 553. The average Bonchev–Trinajstić information content (AvgIpc) is 2.43. The topological polar surface area (TPSA) is 168 Å². The zero-order valence-electron chi connectivity index (χ0n) is 9.39. The van der Waals surface area contributed by atoms with Gasteiger partial charge < -0.3 is 10.2 Å². The highest BCUT2D eigenvalue weighted by Gasteiger charge is 2.27. The molecule has 10 heteroatoms. The van der Waals surface area contributed by atoms with Gasteiger partial charge in [0, 0.05) is 0 Å². The Labute approximate surface area is 109 Å². The van der Waals surface area contributed by atoms with Crippen LogP contribution in [0, 0.1) is 0 Å². The monoisotopic (exact) mass is 286 g/mol. The lowest BCUT2D eigenvalue weighted by Gasteiger charge is -2.08. The van der Waals surface area contributed by atoms with Crippen LogP contribution in [0.5, 0.6) is 0 Å². The first kappa shape index (κ1) is 15.1. The van der Waals surface area contributed by atoms with E-state index in [0.717, 1.165) is 0 Å². The molecule has 0 atom stereocenters. The number of rotatable bonds is 4. The lowest BCUT2D eigenvalue weighted by molar-refractivity contribution is -0.183. The van der Waals surface area contributed by atoms with Crippen LogP contribution in [0.3, 0.4) is 0 Å². The van der Waals surface area contributed by atoms with Crippen LogP contribution in [0.2, 0.25) is 0 Å². The molecule has 0 aliphatic carbocycles. The Kier molecular flexibility index (Phi) is 4.35. The summed E-state index contributed by atoms with van der Waals surface area (Å²) in [6.07, 6.45) is 0. The predicted octanol–water partition coefficient (Wildman–Crippen LogP) is 0.343. The van der Waals surface area contributed by atoms with Crippen LogP contribution in [-0.2, 0) is 9.78 Å².